The molecule has 0 aliphatic heterocycles. The van der Waals surface area contributed by atoms with Crippen LogP contribution in [0.15, 0.2) is 48.5 Å². The Hall–Kier alpha value is -3.55. The third-order valence-electron chi connectivity index (χ3n) is 3.92. The first kappa shape index (κ1) is 23.7. The molecule has 0 spiro atoms. The lowest BCUT2D eigenvalue weighted by molar-refractivity contribution is -0.120. The maximum atomic E-state index is 12.3. The number of rotatable bonds is 8. The number of carbonyl (C=O) groups excluding carboxylic acids is 3. The summed E-state index contributed by atoms with van der Waals surface area (Å²) in [4.78, 5) is 35.8. The SMILES string of the molecule is CCOc1ccc(C(=O)Nc2ccc(CNC(=O)CNC(=O)OC(C)(C)C)cc2)cc1. The van der Waals surface area contributed by atoms with Gasteiger partial charge in [-0.25, -0.2) is 4.79 Å². The number of nitrogens with one attached hydrogen (secondary N) is 3. The second-order valence-electron chi connectivity index (χ2n) is 7.74. The smallest absolute Gasteiger partial charge is 0.408 e. The molecule has 8 nitrogen and oxygen atoms in total. The molecule has 0 saturated carbocycles. The molecular formula is C23H29N3O5. The molecule has 3 N–H and O–H groups in total. The molecule has 0 aliphatic carbocycles. The molecule has 0 saturated heterocycles. The van der Waals surface area contributed by atoms with Gasteiger partial charge in [-0.3, -0.25) is 9.59 Å². The lowest BCUT2D eigenvalue weighted by atomic mass is 10.1. The van der Waals surface area contributed by atoms with Crippen LogP contribution in [0.3, 0.4) is 0 Å². The number of ether oxygens (including phenoxy) is 2. The molecule has 2 rings (SSSR count). The summed E-state index contributed by atoms with van der Waals surface area (Å²) in [5.74, 6) is 0.155. The van der Waals surface area contributed by atoms with Gasteiger partial charge in [0.05, 0.1) is 6.61 Å². The zero-order valence-electron chi connectivity index (χ0n) is 18.3. The topological polar surface area (TPSA) is 106 Å². The van der Waals surface area contributed by atoms with E-state index in [2.05, 4.69) is 16.0 Å². The van der Waals surface area contributed by atoms with Crippen LogP contribution in [0, 0.1) is 0 Å². The quantitative estimate of drug-likeness (QED) is 0.598. The van der Waals surface area contributed by atoms with Crippen molar-refractivity contribution in [3.05, 3.63) is 59.7 Å². The molecule has 0 atom stereocenters. The summed E-state index contributed by atoms with van der Waals surface area (Å²) >= 11 is 0. The van der Waals surface area contributed by atoms with Gasteiger partial charge in [-0.1, -0.05) is 12.1 Å². The Kier molecular flexibility index (Phi) is 8.43. The van der Waals surface area contributed by atoms with Crippen molar-refractivity contribution in [2.75, 3.05) is 18.5 Å². The molecule has 2 aromatic rings. The third-order valence-corrected chi connectivity index (χ3v) is 3.92. The largest absolute Gasteiger partial charge is 0.494 e. The first-order valence-corrected chi connectivity index (χ1v) is 10.0. The molecule has 3 amide bonds. The standard InChI is InChI=1S/C23H29N3O5/c1-5-30-19-12-8-17(9-13-19)21(28)26-18-10-6-16(7-11-18)14-24-20(27)15-25-22(29)31-23(2,3)4/h6-13H,5,14-15H2,1-4H3,(H,24,27)(H,25,29)(H,26,28). The molecule has 0 bridgehead atoms. The molecule has 0 unspecified atom stereocenters. The van der Waals surface area contributed by atoms with Crippen LogP contribution >= 0.6 is 0 Å². The summed E-state index contributed by atoms with van der Waals surface area (Å²) in [6.07, 6.45) is -0.643. The molecule has 2 aromatic carbocycles. The van der Waals surface area contributed by atoms with Gasteiger partial charge in [0.1, 0.15) is 17.9 Å². The van der Waals surface area contributed by atoms with Crippen molar-refractivity contribution in [2.24, 2.45) is 0 Å². The molecule has 0 aromatic heterocycles. The molecule has 0 heterocycles. The van der Waals surface area contributed by atoms with Crippen molar-refractivity contribution in [1.82, 2.24) is 10.6 Å². The van der Waals surface area contributed by atoms with Gasteiger partial charge in [0.2, 0.25) is 5.91 Å². The second-order valence-corrected chi connectivity index (χ2v) is 7.74. The van der Waals surface area contributed by atoms with E-state index < -0.39 is 11.7 Å². The van der Waals surface area contributed by atoms with Gasteiger partial charge in [0, 0.05) is 17.8 Å². The number of hydrogen-bond acceptors (Lipinski definition) is 5. The lowest BCUT2D eigenvalue weighted by Crippen LogP contribution is -2.39. The van der Waals surface area contributed by atoms with Crippen molar-refractivity contribution in [1.29, 1.82) is 0 Å². The molecule has 8 heteroatoms. The van der Waals surface area contributed by atoms with E-state index in [0.717, 1.165) is 5.56 Å². The summed E-state index contributed by atoms with van der Waals surface area (Å²) in [5, 5.41) is 7.94. The van der Waals surface area contributed by atoms with Gasteiger partial charge in [-0.05, 0) is 69.7 Å². The fourth-order valence-corrected chi connectivity index (χ4v) is 2.51. The Balaban J connectivity index is 1.77. The Morgan fingerprint density at radius 2 is 1.55 bits per heavy atom. The zero-order valence-corrected chi connectivity index (χ0v) is 18.3. The number of anilines is 1. The Labute approximate surface area is 182 Å². The van der Waals surface area contributed by atoms with Gasteiger partial charge in [0.25, 0.3) is 5.91 Å². The predicted octanol–water partition coefficient (Wildman–Crippen LogP) is 3.48. The van der Waals surface area contributed by atoms with E-state index in [1.807, 2.05) is 6.92 Å². The lowest BCUT2D eigenvalue weighted by Gasteiger charge is -2.19. The van der Waals surface area contributed by atoms with Gasteiger partial charge < -0.3 is 25.4 Å². The summed E-state index contributed by atoms with van der Waals surface area (Å²) in [7, 11) is 0. The van der Waals surface area contributed by atoms with Crippen LogP contribution in [-0.4, -0.2) is 36.7 Å². The molecule has 0 radical (unpaired) electrons. The number of benzene rings is 2. The molecule has 166 valence electrons. The predicted molar refractivity (Wildman–Crippen MR) is 118 cm³/mol. The van der Waals surface area contributed by atoms with E-state index >= 15 is 0 Å². The fourth-order valence-electron chi connectivity index (χ4n) is 2.51. The van der Waals surface area contributed by atoms with Crippen LogP contribution < -0.4 is 20.7 Å². The van der Waals surface area contributed by atoms with E-state index in [9.17, 15) is 14.4 Å². The van der Waals surface area contributed by atoms with Gasteiger partial charge in [-0.2, -0.15) is 0 Å². The highest BCUT2D eigenvalue weighted by atomic mass is 16.6. The second kappa shape index (κ2) is 11.0. The normalized spacial score (nSPS) is 10.7. The van der Waals surface area contributed by atoms with E-state index in [1.165, 1.54) is 0 Å². The average Bonchev–Trinajstić information content (AvgIpc) is 2.71. The van der Waals surface area contributed by atoms with Gasteiger partial charge in [0.15, 0.2) is 0 Å². The van der Waals surface area contributed by atoms with E-state index in [-0.39, 0.29) is 18.4 Å². The van der Waals surface area contributed by atoms with Crippen molar-refractivity contribution in [3.63, 3.8) is 0 Å². The number of alkyl carbamates (subject to hydrolysis) is 1. The summed E-state index contributed by atoms with van der Waals surface area (Å²) in [5.41, 5.74) is 1.40. The summed E-state index contributed by atoms with van der Waals surface area (Å²) in [6, 6.07) is 14.0. The highest BCUT2D eigenvalue weighted by Crippen LogP contribution is 2.15. The van der Waals surface area contributed by atoms with Gasteiger partial charge in [-0.15, -0.1) is 0 Å². The van der Waals surface area contributed by atoms with Crippen molar-refractivity contribution < 1.29 is 23.9 Å². The maximum Gasteiger partial charge on any atom is 0.408 e. The monoisotopic (exact) mass is 427 g/mol. The Morgan fingerprint density at radius 1 is 0.903 bits per heavy atom. The minimum absolute atomic E-state index is 0.175. The van der Waals surface area contributed by atoms with Crippen LogP contribution in [0.5, 0.6) is 5.75 Å². The minimum Gasteiger partial charge on any atom is -0.494 e. The average molecular weight is 428 g/mol. The highest BCUT2D eigenvalue weighted by molar-refractivity contribution is 6.04. The summed E-state index contributed by atoms with van der Waals surface area (Å²) in [6.45, 7) is 7.83. The Bertz CT molecular complexity index is 887. The summed E-state index contributed by atoms with van der Waals surface area (Å²) < 4.78 is 10.4. The van der Waals surface area contributed by atoms with Gasteiger partial charge >= 0.3 is 6.09 Å². The van der Waals surface area contributed by atoms with Crippen molar-refractivity contribution in [3.8, 4) is 5.75 Å². The van der Waals surface area contributed by atoms with Crippen LogP contribution in [0.4, 0.5) is 10.5 Å². The number of amides is 3. The first-order chi connectivity index (χ1) is 14.7. The van der Waals surface area contributed by atoms with Crippen molar-refractivity contribution in [2.45, 2.75) is 39.8 Å². The van der Waals surface area contributed by atoms with Crippen LogP contribution in [0.1, 0.15) is 43.6 Å². The minimum atomic E-state index is -0.643. The third kappa shape index (κ3) is 8.77. The van der Waals surface area contributed by atoms with Crippen LogP contribution in [0.2, 0.25) is 0 Å². The Morgan fingerprint density at radius 3 is 2.13 bits per heavy atom. The molecule has 31 heavy (non-hydrogen) atoms. The molecule has 0 fully saturated rings. The first-order valence-electron chi connectivity index (χ1n) is 10.0. The van der Waals surface area contributed by atoms with E-state index in [4.69, 9.17) is 9.47 Å². The fraction of sp³-hybridized carbons (Fsp3) is 0.348. The molecule has 0 aliphatic rings. The van der Waals surface area contributed by atoms with Crippen LogP contribution in [0.25, 0.3) is 0 Å². The van der Waals surface area contributed by atoms with E-state index in [1.54, 1.807) is 69.3 Å². The van der Waals surface area contributed by atoms with Crippen molar-refractivity contribution >= 4 is 23.6 Å². The number of carbonyl (C=O) groups is 3. The number of hydrogen-bond donors (Lipinski definition) is 3. The van der Waals surface area contributed by atoms with E-state index in [0.29, 0.717) is 30.2 Å². The van der Waals surface area contributed by atoms with Crippen LogP contribution in [-0.2, 0) is 16.1 Å². The maximum absolute atomic E-state index is 12.3. The highest BCUT2D eigenvalue weighted by Gasteiger charge is 2.16. The zero-order chi connectivity index (χ0) is 22.9. The molecular weight excluding hydrogens is 398 g/mol.